The first-order chi connectivity index (χ1) is 6.16. The van der Waals surface area contributed by atoms with Gasteiger partial charge in [0.15, 0.2) is 0 Å². The van der Waals surface area contributed by atoms with Crippen molar-refractivity contribution in [2.24, 2.45) is 5.41 Å². The monoisotopic (exact) mass is 246 g/mol. The molecule has 0 aliphatic heterocycles. The minimum Gasteiger partial charge on any atom is -0.0890 e. The Kier molecular flexibility index (Phi) is 4.78. The summed E-state index contributed by atoms with van der Waals surface area (Å²) in [5.41, 5.74) is 0.669. The van der Waals surface area contributed by atoms with Crippen molar-refractivity contribution >= 4 is 15.9 Å². The summed E-state index contributed by atoms with van der Waals surface area (Å²) in [5, 5.41) is 0. The van der Waals surface area contributed by atoms with Crippen molar-refractivity contribution in [3.63, 3.8) is 0 Å². The van der Waals surface area contributed by atoms with E-state index in [1.165, 1.54) is 51.4 Å². The maximum atomic E-state index is 3.74. The molecule has 0 spiro atoms. The van der Waals surface area contributed by atoms with Crippen LogP contribution in [-0.4, -0.2) is 4.83 Å². The number of hydrogen-bond donors (Lipinski definition) is 0. The number of halogens is 1. The van der Waals surface area contributed by atoms with Crippen LogP contribution in [0.5, 0.6) is 0 Å². The van der Waals surface area contributed by atoms with Crippen molar-refractivity contribution in [1.29, 1.82) is 0 Å². The maximum Gasteiger partial charge on any atom is 0.0151 e. The number of hydrogen-bond acceptors (Lipinski definition) is 0. The van der Waals surface area contributed by atoms with Crippen LogP contribution in [0.3, 0.4) is 0 Å². The van der Waals surface area contributed by atoms with Crippen molar-refractivity contribution in [1.82, 2.24) is 0 Å². The van der Waals surface area contributed by atoms with Crippen molar-refractivity contribution in [3.05, 3.63) is 0 Å². The van der Waals surface area contributed by atoms with Crippen LogP contribution in [-0.2, 0) is 0 Å². The van der Waals surface area contributed by atoms with Crippen molar-refractivity contribution in [3.8, 4) is 0 Å². The molecule has 1 rings (SSSR count). The highest BCUT2D eigenvalue weighted by Gasteiger charge is 2.32. The topological polar surface area (TPSA) is 0 Å². The van der Waals surface area contributed by atoms with Gasteiger partial charge in [0.25, 0.3) is 0 Å². The zero-order valence-corrected chi connectivity index (χ0v) is 10.7. The fourth-order valence-corrected chi connectivity index (χ4v) is 3.46. The van der Waals surface area contributed by atoms with Crippen LogP contribution in [0.1, 0.15) is 65.2 Å². The first-order valence-corrected chi connectivity index (χ1v) is 6.72. The molecule has 0 aromatic carbocycles. The van der Waals surface area contributed by atoms with Crippen LogP contribution in [0.15, 0.2) is 0 Å². The molecule has 2 unspecified atom stereocenters. The summed E-state index contributed by atoms with van der Waals surface area (Å²) in [5.74, 6) is 0. The Morgan fingerprint density at radius 1 is 1.31 bits per heavy atom. The first kappa shape index (κ1) is 11.6. The van der Waals surface area contributed by atoms with Crippen LogP contribution >= 0.6 is 15.9 Å². The summed E-state index contributed by atoms with van der Waals surface area (Å²) in [6.07, 6.45) is 11.4. The van der Waals surface area contributed by atoms with E-state index in [0.717, 1.165) is 4.83 Å². The molecular formula is C12H23Br. The minimum atomic E-state index is 0.669. The highest BCUT2D eigenvalue weighted by molar-refractivity contribution is 9.09. The van der Waals surface area contributed by atoms with Gasteiger partial charge < -0.3 is 0 Å². The molecule has 0 N–H and O–H groups in total. The molecule has 0 saturated heterocycles. The van der Waals surface area contributed by atoms with Crippen LogP contribution in [0.2, 0.25) is 0 Å². The Morgan fingerprint density at radius 2 is 2.08 bits per heavy atom. The summed E-state index contributed by atoms with van der Waals surface area (Å²) < 4.78 is 0. The smallest absolute Gasteiger partial charge is 0.0151 e. The van der Waals surface area contributed by atoms with Gasteiger partial charge in [-0.1, -0.05) is 55.5 Å². The zero-order chi connectivity index (χ0) is 9.73. The molecule has 0 heterocycles. The molecule has 2 atom stereocenters. The fraction of sp³-hybridized carbons (Fsp3) is 1.00. The predicted molar refractivity (Wildman–Crippen MR) is 63.4 cm³/mol. The Hall–Kier alpha value is 0.480. The molecule has 1 aliphatic carbocycles. The summed E-state index contributed by atoms with van der Waals surface area (Å²) in [7, 11) is 0. The molecule has 78 valence electrons. The molecule has 0 aromatic rings. The van der Waals surface area contributed by atoms with Gasteiger partial charge in [0.05, 0.1) is 0 Å². The van der Waals surface area contributed by atoms with Gasteiger partial charge in [0, 0.05) is 4.83 Å². The van der Waals surface area contributed by atoms with Crippen LogP contribution in [0, 0.1) is 5.41 Å². The lowest BCUT2D eigenvalue weighted by molar-refractivity contribution is 0.296. The van der Waals surface area contributed by atoms with E-state index in [9.17, 15) is 0 Å². The van der Waals surface area contributed by atoms with Crippen LogP contribution < -0.4 is 0 Å². The summed E-state index contributed by atoms with van der Waals surface area (Å²) in [4.78, 5) is 0.809. The van der Waals surface area contributed by atoms with E-state index in [0.29, 0.717) is 5.41 Å². The van der Waals surface area contributed by atoms with Crippen molar-refractivity contribution in [2.75, 3.05) is 0 Å². The second-order valence-electron chi connectivity index (χ2n) is 4.96. The highest BCUT2D eigenvalue weighted by atomic mass is 79.9. The molecule has 0 radical (unpaired) electrons. The third-order valence-electron chi connectivity index (χ3n) is 3.41. The molecule has 13 heavy (non-hydrogen) atoms. The average Bonchev–Trinajstić information content (AvgIpc) is 2.41. The largest absolute Gasteiger partial charge is 0.0890 e. The highest BCUT2D eigenvalue weighted by Crippen LogP contribution is 2.44. The molecule has 1 saturated carbocycles. The SMILES string of the molecule is CCCCCCC1(C)CCC(Br)C1. The number of rotatable bonds is 5. The van der Waals surface area contributed by atoms with Crippen molar-refractivity contribution < 1.29 is 0 Å². The molecule has 0 aromatic heterocycles. The van der Waals surface area contributed by atoms with Crippen LogP contribution in [0.4, 0.5) is 0 Å². The lowest BCUT2D eigenvalue weighted by Gasteiger charge is -2.23. The third-order valence-corrected chi connectivity index (χ3v) is 4.19. The zero-order valence-electron chi connectivity index (χ0n) is 9.11. The lowest BCUT2D eigenvalue weighted by Crippen LogP contribution is -2.11. The van der Waals surface area contributed by atoms with E-state index in [2.05, 4.69) is 29.8 Å². The summed E-state index contributed by atoms with van der Waals surface area (Å²) in [6.45, 7) is 4.76. The second kappa shape index (κ2) is 5.38. The fourth-order valence-electron chi connectivity index (χ4n) is 2.45. The Morgan fingerprint density at radius 3 is 2.62 bits per heavy atom. The molecule has 1 fully saturated rings. The average molecular weight is 247 g/mol. The molecular weight excluding hydrogens is 224 g/mol. The molecule has 1 heteroatoms. The molecule has 1 aliphatic rings. The first-order valence-electron chi connectivity index (χ1n) is 5.80. The Balaban J connectivity index is 2.12. The van der Waals surface area contributed by atoms with E-state index < -0.39 is 0 Å². The standard InChI is InChI=1S/C12H23Br/c1-3-4-5-6-8-12(2)9-7-11(13)10-12/h11H,3-10H2,1-2H3. The normalized spacial score (nSPS) is 33.9. The van der Waals surface area contributed by atoms with Gasteiger partial charge in [-0.25, -0.2) is 0 Å². The third kappa shape index (κ3) is 4.01. The Labute approximate surface area is 91.6 Å². The van der Waals surface area contributed by atoms with Gasteiger partial charge in [0.1, 0.15) is 0 Å². The second-order valence-corrected chi connectivity index (χ2v) is 6.26. The van der Waals surface area contributed by atoms with E-state index in [1.54, 1.807) is 0 Å². The van der Waals surface area contributed by atoms with Gasteiger partial charge in [-0.15, -0.1) is 0 Å². The molecule has 0 amide bonds. The van der Waals surface area contributed by atoms with Gasteiger partial charge in [-0.2, -0.15) is 0 Å². The van der Waals surface area contributed by atoms with Crippen molar-refractivity contribution in [2.45, 2.75) is 70.0 Å². The Bertz CT molecular complexity index is 144. The quantitative estimate of drug-likeness (QED) is 0.478. The summed E-state index contributed by atoms with van der Waals surface area (Å²) >= 11 is 3.74. The maximum absolute atomic E-state index is 3.74. The van der Waals surface area contributed by atoms with E-state index in [4.69, 9.17) is 0 Å². The molecule has 0 bridgehead atoms. The summed E-state index contributed by atoms with van der Waals surface area (Å²) in [6, 6.07) is 0. The van der Waals surface area contributed by atoms with E-state index in [-0.39, 0.29) is 0 Å². The van der Waals surface area contributed by atoms with Gasteiger partial charge in [-0.3, -0.25) is 0 Å². The predicted octanol–water partition coefficient (Wildman–Crippen LogP) is 4.91. The van der Waals surface area contributed by atoms with E-state index in [1.807, 2.05) is 0 Å². The lowest BCUT2D eigenvalue weighted by atomic mass is 9.83. The van der Waals surface area contributed by atoms with E-state index >= 15 is 0 Å². The minimum absolute atomic E-state index is 0.669. The van der Waals surface area contributed by atoms with Crippen LogP contribution in [0.25, 0.3) is 0 Å². The number of alkyl halides is 1. The van der Waals surface area contributed by atoms with Gasteiger partial charge in [0.2, 0.25) is 0 Å². The molecule has 0 nitrogen and oxygen atoms in total. The van der Waals surface area contributed by atoms with Gasteiger partial charge in [-0.05, 0) is 31.1 Å². The van der Waals surface area contributed by atoms with Gasteiger partial charge >= 0.3 is 0 Å². The number of unbranched alkanes of at least 4 members (excludes halogenated alkanes) is 3.